The van der Waals surface area contributed by atoms with Gasteiger partial charge in [-0.15, -0.1) is 6.58 Å². The van der Waals surface area contributed by atoms with Crippen LogP contribution in [0.25, 0.3) is 0 Å². The summed E-state index contributed by atoms with van der Waals surface area (Å²) in [6, 6.07) is 4.93. The summed E-state index contributed by atoms with van der Waals surface area (Å²) in [4.78, 5) is 43.3. The van der Waals surface area contributed by atoms with Crippen LogP contribution in [0.4, 0.5) is 5.69 Å². The van der Waals surface area contributed by atoms with E-state index in [1.807, 2.05) is 32.0 Å². The molecule has 35 heavy (non-hydrogen) atoms. The maximum absolute atomic E-state index is 14.4. The molecule has 0 aromatic heterocycles. The van der Waals surface area contributed by atoms with Crippen LogP contribution in [-0.4, -0.2) is 75.2 Å². The van der Waals surface area contributed by atoms with E-state index in [1.165, 1.54) is 0 Å². The number of alkyl halides is 1. The SMILES string of the molecule is C=CCN(C(=O)[C@H]1N(CCCCCO)C(=O)[C@@H]2[C@@H](C(=O)O)[C@@H]3O[C@@]21CC3Br)c1cc(C)ccc1C. The number of hydrogen-bond acceptors (Lipinski definition) is 5. The van der Waals surface area contributed by atoms with Gasteiger partial charge in [0.2, 0.25) is 5.91 Å². The maximum atomic E-state index is 14.4. The fourth-order valence-corrected chi connectivity index (χ4v) is 7.04. The van der Waals surface area contributed by atoms with Gasteiger partial charge >= 0.3 is 5.97 Å². The minimum atomic E-state index is -1.20. The Morgan fingerprint density at radius 2 is 2.06 bits per heavy atom. The van der Waals surface area contributed by atoms with Crippen molar-refractivity contribution in [2.24, 2.45) is 11.8 Å². The van der Waals surface area contributed by atoms with Crippen LogP contribution in [0.3, 0.4) is 0 Å². The third kappa shape index (κ3) is 4.21. The van der Waals surface area contributed by atoms with Gasteiger partial charge in [-0.2, -0.15) is 0 Å². The van der Waals surface area contributed by atoms with Crippen LogP contribution >= 0.6 is 15.9 Å². The number of benzene rings is 1. The van der Waals surface area contributed by atoms with Crippen LogP contribution < -0.4 is 4.90 Å². The summed E-state index contributed by atoms with van der Waals surface area (Å²) in [5.41, 5.74) is 1.44. The summed E-state index contributed by atoms with van der Waals surface area (Å²) in [6.45, 7) is 8.32. The summed E-state index contributed by atoms with van der Waals surface area (Å²) < 4.78 is 6.35. The Morgan fingerprint density at radius 3 is 2.71 bits per heavy atom. The van der Waals surface area contributed by atoms with Gasteiger partial charge in [0.1, 0.15) is 11.6 Å². The molecule has 3 fully saturated rings. The number of carbonyl (C=O) groups is 3. The molecular formula is C26H33BrN2O6. The zero-order valence-corrected chi connectivity index (χ0v) is 21.7. The number of likely N-dealkylation sites (tertiary alicyclic amines) is 1. The number of aliphatic carboxylic acids is 1. The van der Waals surface area contributed by atoms with Crippen LogP contribution in [0.15, 0.2) is 30.9 Å². The molecular weight excluding hydrogens is 516 g/mol. The van der Waals surface area contributed by atoms with Crippen molar-refractivity contribution >= 4 is 39.4 Å². The monoisotopic (exact) mass is 548 g/mol. The molecule has 3 heterocycles. The minimum absolute atomic E-state index is 0.0553. The first-order valence-electron chi connectivity index (χ1n) is 12.1. The van der Waals surface area contributed by atoms with Crippen LogP contribution in [0.2, 0.25) is 0 Å². The van der Waals surface area contributed by atoms with Crippen molar-refractivity contribution in [3.05, 3.63) is 42.0 Å². The van der Waals surface area contributed by atoms with Crippen molar-refractivity contribution in [1.82, 2.24) is 4.90 Å². The van der Waals surface area contributed by atoms with Gasteiger partial charge in [0, 0.05) is 30.2 Å². The summed E-state index contributed by atoms with van der Waals surface area (Å²) in [5.74, 6) is -3.61. The Kier molecular flexibility index (Phi) is 7.41. The Bertz CT molecular complexity index is 1030. The molecule has 3 aliphatic heterocycles. The second kappa shape index (κ2) is 10.0. The van der Waals surface area contributed by atoms with E-state index in [4.69, 9.17) is 9.84 Å². The number of aliphatic hydroxyl groups is 1. The number of aliphatic hydroxyl groups excluding tert-OH is 1. The highest BCUT2D eigenvalue weighted by Gasteiger charge is 2.76. The highest BCUT2D eigenvalue weighted by atomic mass is 79.9. The molecule has 1 aromatic carbocycles. The Morgan fingerprint density at radius 1 is 1.31 bits per heavy atom. The molecule has 1 unspecified atom stereocenters. The van der Waals surface area contributed by atoms with E-state index in [9.17, 15) is 19.5 Å². The van der Waals surface area contributed by atoms with Gasteiger partial charge in [0.15, 0.2) is 0 Å². The molecule has 8 nitrogen and oxygen atoms in total. The number of halogens is 1. The topological polar surface area (TPSA) is 107 Å². The second-order valence-corrected chi connectivity index (χ2v) is 11.0. The first-order chi connectivity index (χ1) is 16.7. The van der Waals surface area contributed by atoms with Crippen molar-refractivity contribution in [2.45, 2.75) is 62.1 Å². The molecule has 9 heteroatoms. The molecule has 0 aliphatic carbocycles. The molecule has 0 radical (unpaired) electrons. The molecule has 1 spiro atoms. The average Bonchev–Trinajstić information content (AvgIpc) is 3.40. The lowest BCUT2D eigenvalue weighted by Crippen LogP contribution is -2.57. The fourth-order valence-electron chi connectivity index (χ4n) is 6.10. The van der Waals surface area contributed by atoms with Gasteiger partial charge in [0.05, 0.1) is 17.9 Å². The summed E-state index contributed by atoms with van der Waals surface area (Å²) in [7, 11) is 0. The van der Waals surface area contributed by atoms with E-state index < -0.39 is 35.6 Å². The van der Waals surface area contributed by atoms with Crippen molar-refractivity contribution in [1.29, 1.82) is 0 Å². The smallest absolute Gasteiger partial charge is 0.310 e. The number of aryl methyl sites for hydroxylation is 2. The number of ether oxygens (including phenoxy) is 1. The van der Waals surface area contributed by atoms with E-state index in [0.29, 0.717) is 32.2 Å². The number of rotatable bonds is 10. The highest BCUT2D eigenvalue weighted by Crippen LogP contribution is 2.60. The van der Waals surface area contributed by atoms with E-state index in [-0.39, 0.29) is 29.8 Å². The highest BCUT2D eigenvalue weighted by molar-refractivity contribution is 9.09. The number of carboxylic acids is 1. The number of unbranched alkanes of at least 4 members (excludes halogenated alkanes) is 2. The molecule has 0 saturated carbocycles. The predicted molar refractivity (Wildman–Crippen MR) is 134 cm³/mol. The van der Waals surface area contributed by atoms with Crippen LogP contribution in [0.1, 0.15) is 36.8 Å². The van der Waals surface area contributed by atoms with Gasteiger partial charge in [-0.25, -0.2) is 0 Å². The number of fused-ring (bicyclic) bond motifs is 1. The van der Waals surface area contributed by atoms with Crippen LogP contribution in [0, 0.1) is 25.7 Å². The largest absolute Gasteiger partial charge is 0.481 e. The summed E-state index contributed by atoms with van der Waals surface area (Å²) >= 11 is 3.57. The van der Waals surface area contributed by atoms with Gasteiger partial charge in [-0.3, -0.25) is 14.4 Å². The predicted octanol–water partition coefficient (Wildman–Crippen LogP) is 2.82. The molecule has 2 amide bonds. The van der Waals surface area contributed by atoms with E-state index in [1.54, 1.807) is 15.9 Å². The van der Waals surface area contributed by atoms with Crippen molar-refractivity contribution < 1.29 is 29.3 Å². The lowest BCUT2D eigenvalue weighted by atomic mass is 9.70. The van der Waals surface area contributed by atoms with E-state index >= 15 is 0 Å². The molecule has 2 bridgehead atoms. The van der Waals surface area contributed by atoms with Crippen LogP contribution in [0.5, 0.6) is 0 Å². The van der Waals surface area contributed by atoms with Gasteiger partial charge in [-0.1, -0.05) is 34.1 Å². The molecule has 2 N–H and O–H groups in total. The third-order valence-corrected chi connectivity index (χ3v) is 8.44. The zero-order chi connectivity index (χ0) is 25.5. The second-order valence-electron chi connectivity index (χ2n) is 9.85. The van der Waals surface area contributed by atoms with Gasteiger partial charge < -0.3 is 24.7 Å². The maximum Gasteiger partial charge on any atom is 0.310 e. The quantitative estimate of drug-likeness (QED) is 0.264. The van der Waals surface area contributed by atoms with E-state index in [0.717, 1.165) is 16.8 Å². The lowest BCUT2D eigenvalue weighted by Gasteiger charge is -2.37. The minimum Gasteiger partial charge on any atom is -0.481 e. The third-order valence-electron chi connectivity index (χ3n) is 7.60. The summed E-state index contributed by atoms with van der Waals surface area (Å²) in [5, 5.41) is 19.2. The number of carboxylic acid groups (broad SMARTS) is 1. The normalized spacial score (nSPS) is 31.0. The molecule has 1 aromatic rings. The number of amides is 2. The van der Waals surface area contributed by atoms with Crippen molar-refractivity contribution in [3.8, 4) is 0 Å². The Balaban J connectivity index is 1.78. The number of carbonyl (C=O) groups excluding carboxylic acids is 2. The number of hydrogen-bond donors (Lipinski definition) is 2. The first kappa shape index (κ1) is 25.9. The van der Waals surface area contributed by atoms with Gasteiger partial charge in [0.25, 0.3) is 5.91 Å². The van der Waals surface area contributed by atoms with E-state index in [2.05, 4.69) is 22.5 Å². The zero-order valence-electron chi connectivity index (χ0n) is 20.2. The molecule has 3 aliphatic rings. The Hall–Kier alpha value is -2.23. The molecule has 190 valence electrons. The first-order valence-corrected chi connectivity index (χ1v) is 13.0. The van der Waals surface area contributed by atoms with Crippen molar-refractivity contribution in [3.63, 3.8) is 0 Å². The van der Waals surface area contributed by atoms with Gasteiger partial charge in [-0.05, 0) is 56.7 Å². The fraction of sp³-hybridized carbons (Fsp3) is 0.577. The summed E-state index contributed by atoms with van der Waals surface area (Å²) in [6.07, 6.45) is 3.26. The van der Waals surface area contributed by atoms with Crippen molar-refractivity contribution in [2.75, 3.05) is 24.6 Å². The lowest BCUT2D eigenvalue weighted by molar-refractivity contribution is -0.149. The van der Waals surface area contributed by atoms with Crippen LogP contribution in [-0.2, 0) is 19.1 Å². The molecule has 3 saturated heterocycles. The Labute approximate surface area is 214 Å². The average molecular weight is 549 g/mol. The number of nitrogens with zero attached hydrogens (tertiary/aromatic N) is 2. The molecule has 4 rings (SSSR count). The standard InChI is InChI=1S/C26H33BrN2O6/c1-4-10-28(18-13-15(2)8-9-16(18)3)24(32)22-26-14-17(27)21(35-26)19(25(33)34)20(26)23(31)29(22)11-6-5-7-12-30/h4,8-9,13,17,19-22,30H,1,5-7,10-12,14H2,2-3H3,(H,33,34)/t17?,19-,20+,21-,22-,26+/m1/s1. The number of anilines is 1. The molecule has 6 atom stereocenters.